The van der Waals surface area contributed by atoms with Gasteiger partial charge in [0.25, 0.3) is 11.3 Å². The quantitative estimate of drug-likeness (QED) is 0.573. The third-order valence-corrected chi connectivity index (χ3v) is 4.91. The molecule has 3 aromatic heterocycles. The minimum atomic E-state index is -0.195. The standard InChI is InChI=1S/C17H14ClN5OS/c1-10-4-5-11(18)7-13(10)19-9-12-8-15(24)23-17(20-12)21-16(22-23)14-3-2-6-25-14/h2-8,19H,9H2,1H3,(H,20,21,22). The number of hydrogen-bond acceptors (Lipinski definition) is 5. The molecule has 0 aliphatic rings. The number of halogens is 1. The van der Waals surface area contributed by atoms with Gasteiger partial charge in [0.2, 0.25) is 0 Å². The molecule has 8 heteroatoms. The molecule has 0 saturated carbocycles. The van der Waals surface area contributed by atoms with Crippen molar-refractivity contribution in [2.24, 2.45) is 0 Å². The third-order valence-electron chi connectivity index (χ3n) is 3.80. The summed E-state index contributed by atoms with van der Waals surface area (Å²) in [5, 5.41) is 8.87. The lowest BCUT2D eigenvalue weighted by Gasteiger charge is -2.09. The van der Waals surface area contributed by atoms with Crippen LogP contribution in [0.3, 0.4) is 0 Å². The molecule has 0 bridgehead atoms. The Kier molecular flexibility index (Phi) is 4.03. The smallest absolute Gasteiger partial charge is 0.274 e. The average molecular weight is 372 g/mol. The van der Waals surface area contributed by atoms with Gasteiger partial charge in [-0.25, -0.2) is 4.98 Å². The molecule has 2 N–H and O–H groups in total. The summed E-state index contributed by atoms with van der Waals surface area (Å²) >= 11 is 7.58. The summed E-state index contributed by atoms with van der Waals surface area (Å²) in [6.07, 6.45) is 0. The Hall–Kier alpha value is -2.64. The first-order chi connectivity index (χ1) is 12.1. The summed E-state index contributed by atoms with van der Waals surface area (Å²) in [4.78, 5) is 22.2. The molecule has 0 aliphatic heterocycles. The van der Waals surface area contributed by atoms with Gasteiger partial charge in [0, 0.05) is 16.8 Å². The summed E-state index contributed by atoms with van der Waals surface area (Å²) < 4.78 is 1.35. The highest BCUT2D eigenvalue weighted by Crippen LogP contribution is 2.22. The second kappa shape index (κ2) is 6.34. The number of fused-ring (bicyclic) bond motifs is 1. The van der Waals surface area contributed by atoms with E-state index in [1.165, 1.54) is 10.6 Å². The van der Waals surface area contributed by atoms with Crippen molar-refractivity contribution < 1.29 is 0 Å². The number of H-pyrrole nitrogens is 1. The molecule has 0 unspecified atom stereocenters. The zero-order valence-corrected chi connectivity index (χ0v) is 14.9. The Balaban J connectivity index is 1.64. The van der Waals surface area contributed by atoms with Crippen LogP contribution >= 0.6 is 22.9 Å². The lowest BCUT2D eigenvalue weighted by Crippen LogP contribution is -2.17. The van der Waals surface area contributed by atoms with Gasteiger partial charge >= 0.3 is 0 Å². The normalized spacial score (nSPS) is 11.1. The predicted octanol–water partition coefficient (Wildman–Crippen LogP) is 3.72. The third kappa shape index (κ3) is 3.16. The molecule has 1 aromatic carbocycles. The lowest BCUT2D eigenvalue weighted by molar-refractivity contribution is 0.879. The van der Waals surface area contributed by atoms with Gasteiger partial charge < -0.3 is 5.32 Å². The lowest BCUT2D eigenvalue weighted by atomic mass is 10.2. The summed E-state index contributed by atoms with van der Waals surface area (Å²) in [5.74, 6) is 0.992. The number of thiophene rings is 1. The van der Waals surface area contributed by atoms with Crippen LogP contribution in [-0.2, 0) is 6.54 Å². The van der Waals surface area contributed by atoms with E-state index in [9.17, 15) is 4.79 Å². The highest BCUT2D eigenvalue weighted by molar-refractivity contribution is 7.13. The van der Waals surface area contributed by atoms with E-state index in [0.717, 1.165) is 16.1 Å². The van der Waals surface area contributed by atoms with Crippen molar-refractivity contribution in [3.63, 3.8) is 0 Å². The fraction of sp³-hybridized carbons (Fsp3) is 0.118. The Labute approximate surface area is 152 Å². The van der Waals surface area contributed by atoms with Gasteiger partial charge in [-0.05, 0) is 36.1 Å². The number of aromatic amines is 1. The summed E-state index contributed by atoms with van der Waals surface area (Å²) in [7, 11) is 0. The first kappa shape index (κ1) is 15.9. The molecule has 6 nitrogen and oxygen atoms in total. The minimum Gasteiger partial charge on any atom is -0.379 e. The van der Waals surface area contributed by atoms with Crippen LogP contribution < -0.4 is 10.9 Å². The van der Waals surface area contributed by atoms with Gasteiger partial charge in [0.05, 0.1) is 17.1 Å². The fourth-order valence-corrected chi connectivity index (χ4v) is 3.35. The van der Waals surface area contributed by atoms with Crippen LogP contribution in [0.4, 0.5) is 5.69 Å². The first-order valence-corrected chi connectivity index (χ1v) is 8.88. The molecule has 0 radical (unpaired) electrons. The highest BCUT2D eigenvalue weighted by Gasteiger charge is 2.10. The van der Waals surface area contributed by atoms with Gasteiger partial charge in [-0.2, -0.15) is 9.50 Å². The maximum atomic E-state index is 12.3. The molecule has 3 heterocycles. The van der Waals surface area contributed by atoms with Crippen molar-refractivity contribution in [1.29, 1.82) is 0 Å². The number of benzene rings is 1. The minimum absolute atomic E-state index is 0.195. The average Bonchev–Trinajstić information content (AvgIpc) is 3.24. The molecular formula is C17H14ClN5OS. The largest absolute Gasteiger partial charge is 0.379 e. The molecule has 0 spiro atoms. The number of rotatable bonds is 4. The Morgan fingerprint density at radius 1 is 1.28 bits per heavy atom. The van der Waals surface area contributed by atoms with Crippen molar-refractivity contribution in [2.45, 2.75) is 13.5 Å². The maximum Gasteiger partial charge on any atom is 0.274 e. The number of hydrogen-bond donors (Lipinski definition) is 2. The molecule has 4 rings (SSSR count). The molecule has 0 fully saturated rings. The fourth-order valence-electron chi connectivity index (χ4n) is 2.51. The summed E-state index contributed by atoms with van der Waals surface area (Å²) in [5.41, 5.74) is 2.41. The van der Waals surface area contributed by atoms with Crippen LogP contribution in [0.15, 0.2) is 46.6 Å². The second-order valence-corrected chi connectivity index (χ2v) is 6.97. The molecular weight excluding hydrogens is 358 g/mol. The van der Waals surface area contributed by atoms with Crippen LogP contribution in [0.1, 0.15) is 11.3 Å². The first-order valence-electron chi connectivity index (χ1n) is 7.63. The molecule has 0 atom stereocenters. The van der Waals surface area contributed by atoms with Gasteiger partial charge in [0.1, 0.15) is 0 Å². The van der Waals surface area contributed by atoms with E-state index >= 15 is 0 Å². The Morgan fingerprint density at radius 2 is 2.16 bits per heavy atom. The van der Waals surface area contributed by atoms with E-state index in [0.29, 0.717) is 28.9 Å². The van der Waals surface area contributed by atoms with E-state index in [2.05, 4.69) is 20.4 Å². The van der Waals surface area contributed by atoms with Gasteiger partial charge in [0.15, 0.2) is 5.82 Å². The molecule has 0 amide bonds. The highest BCUT2D eigenvalue weighted by atomic mass is 35.5. The summed E-state index contributed by atoms with van der Waals surface area (Å²) in [6.45, 7) is 2.40. The van der Waals surface area contributed by atoms with Crippen LogP contribution in [0.5, 0.6) is 0 Å². The predicted molar refractivity (Wildman–Crippen MR) is 100 cm³/mol. The molecule has 0 aliphatic carbocycles. The molecule has 0 saturated heterocycles. The monoisotopic (exact) mass is 371 g/mol. The van der Waals surface area contributed by atoms with E-state index in [1.807, 2.05) is 42.6 Å². The Bertz CT molecular complexity index is 1100. The van der Waals surface area contributed by atoms with E-state index < -0.39 is 0 Å². The summed E-state index contributed by atoms with van der Waals surface area (Å²) in [6, 6.07) is 11.0. The zero-order chi connectivity index (χ0) is 17.4. The number of aromatic nitrogens is 4. The molecule has 25 heavy (non-hydrogen) atoms. The van der Waals surface area contributed by atoms with Crippen LogP contribution in [0.25, 0.3) is 16.5 Å². The van der Waals surface area contributed by atoms with Crippen molar-refractivity contribution in [1.82, 2.24) is 19.6 Å². The van der Waals surface area contributed by atoms with Crippen LogP contribution in [0.2, 0.25) is 5.02 Å². The van der Waals surface area contributed by atoms with Crippen LogP contribution in [-0.4, -0.2) is 19.6 Å². The zero-order valence-electron chi connectivity index (χ0n) is 13.3. The SMILES string of the molecule is Cc1ccc(Cl)cc1NCc1cc(=O)n2[nH]c(-c3cccs3)nc2n1. The topological polar surface area (TPSA) is 75.1 Å². The number of anilines is 1. The van der Waals surface area contributed by atoms with E-state index in [-0.39, 0.29) is 5.56 Å². The number of nitrogens with one attached hydrogen (secondary N) is 2. The van der Waals surface area contributed by atoms with Gasteiger partial charge in [-0.1, -0.05) is 23.7 Å². The molecule has 4 aromatic rings. The van der Waals surface area contributed by atoms with Crippen molar-refractivity contribution in [3.05, 3.63) is 68.4 Å². The Morgan fingerprint density at radius 3 is 2.96 bits per heavy atom. The van der Waals surface area contributed by atoms with Gasteiger partial charge in [-0.15, -0.1) is 11.3 Å². The van der Waals surface area contributed by atoms with Crippen molar-refractivity contribution in [3.8, 4) is 10.7 Å². The van der Waals surface area contributed by atoms with E-state index in [1.54, 1.807) is 11.3 Å². The van der Waals surface area contributed by atoms with Crippen molar-refractivity contribution in [2.75, 3.05) is 5.32 Å². The maximum absolute atomic E-state index is 12.3. The number of aryl methyl sites for hydroxylation is 1. The van der Waals surface area contributed by atoms with Crippen LogP contribution in [0, 0.1) is 6.92 Å². The van der Waals surface area contributed by atoms with Crippen molar-refractivity contribution >= 4 is 34.4 Å². The second-order valence-electron chi connectivity index (χ2n) is 5.58. The van der Waals surface area contributed by atoms with Gasteiger partial charge in [-0.3, -0.25) is 9.89 Å². The molecule has 126 valence electrons. The number of nitrogens with zero attached hydrogens (tertiary/aromatic N) is 3. The van der Waals surface area contributed by atoms with E-state index in [4.69, 9.17) is 11.6 Å².